The second-order valence-electron chi connectivity index (χ2n) is 9.29. The third-order valence-corrected chi connectivity index (χ3v) is 6.69. The monoisotopic (exact) mass is 495 g/mol. The van der Waals surface area contributed by atoms with E-state index in [4.69, 9.17) is 14.5 Å². The van der Waals surface area contributed by atoms with E-state index >= 15 is 0 Å². The average Bonchev–Trinajstić information content (AvgIpc) is 3.15. The first kappa shape index (κ1) is 21.7. The van der Waals surface area contributed by atoms with Crippen LogP contribution in [0.25, 0.3) is 16.7 Å². The minimum Gasteiger partial charge on any atom is -0.488 e. The minimum atomic E-state index is 0.283. The van der Waals surface area contributed by atoms with Crippen molar-refractivity contribution in [3.8, 4) is 17.2 Å². The molecule has 0 amide bonds. The molecule has 11 heteroatoms. The SMILES string of the molecule is Cc1cc(Nc2ncnc3cc4c(nc23)N2CCCNC(CO4)C2)ccc1Oc1ccn2ncnc2c1. The molecule has 2 N–H and O–H groups in total. The molecule has 1 unspecified atom stereocenters. The Morgan fingerprint density at radius 2 is 2.08 bits per heavy atom. The van der Waals surface area contributed by atoms with Gasteiger partial charge in [0.05, 0.1) is 11.6 Å². The molecule has 1 saturated heterocycles. The Balaban J connectivity index is 1.18. The largest absolute Gasteiger partial charge is 0.488 e. The van der Waals surface area contributed by atoms with E-state index in [-0.39, 0.29) is 6.04 Å². The summed E-state index contributed by atoms with van der Waals surface area (Å²) in [6, 6.07) is 11.9. The predicted octanol–water partition coefficient (Wildman–Crippen LogP) is 3.47. The van der Waals surface area contributed by atoms with E-state index in [1.54, 1.807) is 10.8 Å². The third kappa shape index (κ3) is 4.12. The molecule has 186 valence electrons. The molecule has 1 atom stereocenters. The van der Waals surface area contributed by atoms with Crippen LogP contribution in [0.4, 0.5) is 17.3 Å². The molecule has 6 heterocycles. The van der Waals surface area contributed by atoms with Crippen LogP contribution in [0, 0.1) is 6.92 Å². The van der Waals surface area contributed by atoms with Crippen LogP contribution in [0.3, 0.4) is 0 Å². The maximum Gasteiger partial charge on any atom is 0.172 e. The van der Waals surface area contributed by atoms with Crippen LogP contribution < -0.4 is 25.0 Å². The maximum absolute atomic E-state index is 6.11. The lowest BCUT2D eigenvalue weighted by Gasteiger charge is -2.22. The van der Waals surface area contributed by atoms with Crippen LogP contribution in [0.15, 0.2) is 55.2 Å². The Morgan fingerprint density at radius 1 is 1.11 bits per heavy atom. The Hall–Kier alpha value is -4.51. The van der Waals surface area contributed by atoms with E-state index in [1.807, 2.05) is 49.5 Å². The fourth-order valence-electron chi connectivity index (χ4n) is 4.84. The number of nitrogens with one attached hydrogen (secondary N) is 2. The van der Waals surface area contributed by atoms with E-state index in [1.165, 1.54) is 6.33 Å². The lowest BCUT2D eigenvalue weighted by atomic mass is 10.2. The molecule has 0 radical (unpaired) electrons. The van der Waals surface area contributed by atoms with Crippen molar-refractivity contribution in [2.75, 3.05) is 36.5 Å². The van der Waals surface area contributed by atoms with Crippen molar-refractivity contribution in [2.24, 2.45) is 0 Å². The number of hydrogen-bond acceptors (Lipinski definition) is 10. The molecule has 37 heavy (non-hydrogen) atoms. The van der Waals surface area contributed by atoms with Crippen LogP contribution in [0.5, 0.6) is 17.2 Å². The first-order valence-corrected chi connectivity index (χ1v) is 12.3. The summed E-state index contributed by atoms with van der Waals surface area (Å²) in [4.78, 5) is 20.5. The smallest absolute Gasteiger partial charge is 0.172 e. The second kappa shape index (κ2) is 8.86. The van der Waals surface area contributed by atoms with E-state index in [9.17, 15) is 0 Å². The summed E-state index contributed by atoms with van der Waals surface area (Å²) in [6.45, 7) is 5.41. The van der Waals surface area contributed by atoms with Gasteiger partial charge in [0.1, 0.15) is 36.3 Å². The van der Waals surface area contributed by atoms with Crippen molar-refractivity contribution in [3.63, 3.8) is 0 Å². The van der Waals surface area contributed by atoms with Gasteiger partial charge in [-0.1, -0.05) is 0 Å². The molecule has 5 aromatic rings. The van der Waals surface area contributed by atoms with Crippen molar-refractivity contribution in [1.29, 1.82) is 0 Å². The van der Waals surface area contributed by atoms with Crippen LogP contribution in [0.2, 0.25) is 0 Å². The van der Waals surface area contributed by atoms with Crippen molar-refractivity contribution < 1.29 is 9.47 Å². The highest BCUT2D eigenvalue weighted by molar-refractivity contribution is 5.90. The van der Waals surface area contributed by atoms with Crippen LogP contribution in [-0.2, 0) is 0 Å². The van der Waals surface area contributed by atoms with Gasteiger partial charge in [-0.05, 0) is 49.7 Å². The quantitative estimate of drug-likeness (QED) is 0.384. The van der Waals surface area contributed by atoms with Crippen molar-refractivity contribution in [3.05, 3.63) is 60.8 Å². The van der Waals surface area contributed by atoms with Gasteiger partial charge in [0.25, 0.3) is 0 Å². The first-order valence-electron chi connectivity index (χ1n) is 12.3. The molecule has 1 aromatic carbocycles. The molecule has 0 saturated carbocycles. The highest BCUT2D eigenvalue weighted by atomic mass is 16.5. The summed E-state index contributed by atoms with van der Waals surface area (Å²) < 4.78 is 13.9. The summed E-state index contributed by atoms with van der Waals surface area (Å²) in [5, 5.41) is 11.1. The Bertz CT molecular complexity index is 1620. The lowest BCUT2D eigenvalue weighted by molar-refractivity contribution is 0.279. The zero-order chi connectivity index (χ0) is 24.8. The van der Waals surface area contributed by atoms with E-state index in [2.05, 4.69) is 35.6 Å². The summed E-state index contributed by atoms with van der Waals surface area (Å²) in [5.74, 6) is 3.72. The zero-order valence-corrected chi connectivity index (χ0v) is 20.3. The Morgan fingerprint density at radius 3 is 3.03 bits per heavy atom. The lowest BCUT2D eigenvalue weighted by Crippen LogP contribution is -2.40. The topological polar surface area (TPSA) is 115 Å². The summed E-state index contributed by atoms with van der Waals surface area (Å²) in [6.07, 6.45) is 5.95. The number of hydrogen-bond donors (Lipinski definition) is 2. The zero-order valence-electron chi connectivity index (χ0n) is 20.3. The van der Waals surface area contributed by atoms with E-state index in [0.29, 0.717) is 23.7 Å². The average molecular weight is 496 g/mol. The molecule has 11 nitrogen and oxygen atoms in total. The minimum absolute atomic E-state index is 0.283. The van der Waals surface area contributed by atoms with Crippen LogP contribution in [-0.4, -0.2) is 61.8 Å². The molecular weight excluding hydrogens is 470 g/mol. The number of ether oxygens (including phenoxy) is 2. The van der Waals surface area contributed by atoms with Gasteiger partial charge >= 0.3 is 0 Å². The predicted molar refractivity (Wildman–Crippen MR) is 139 cm³/mol. The molecule has 4 aromatic heterocycles. The molecule has 7 rings (SSSR count). The van der Waals surface area contributed by atoms with E-state index < -0.39 is 0 Å². The number of rotatable bonds is 4. The highest BCUT2D eigenvalue weighted by Gasteiger charge is 2.27. The molecule has 0 spiro atoms. The number of nitrogens with zero attached hydrogens (tertiary/aromatic N) is 7. The molecule has 2 bridgehead atoms. The fourth-order valence-corrected chi connectivity index (χ4v) is 4.84. The van der Waals surface area contributed by atoms with Crippen LogP contribution in [0.1, 0.15) is 12.0 Å². The Labute approximate surface area is 212 Å². The van der Waals surface area contributed by atoms with Gasteiger partial charge < -0.3 is 25.0 Å². The standard InChI is InChI=1S/C26H25N9O2/c1-16-9-17(3-4-21(16)37-19-5-8-35-23(10-19)29-15-31-35)32-25-24-20(28-14-30-25)11-22-26(33-24)34-7-2-6-27-18(12-34)13-36-22/h3-5,8-11,14-15,18,27H,2,6-7,12-13H2,1H3,(H,28,30,32). The molecular formula is C26H25N9O2. The number of fused-ring (bicyclic) bond motifs is 6. The van der Waals surface area contributed by atoms with Gasteiger partial charge in [0, 0.05) is 37.1 Å². The summed E-state index contributed by atoms with van der Waals surface area (Å²) in [7, 11) is 0. The Kier molecular flexibility index (Phi) is 5.21. The van der Waals surface area contributed by atoms with Gasteiger partial charge in [-0.3, -0.25) is 0 Å². The molecule has 2 aliphatic rings. The summed E-state index contributed by atoms with van der Waals surface area (Å²) >= 11 is 0. The van der Waals surface area contributed by atoms with E-state index in [0.717, 1.165) is 65.8 Å². The second-order valence-corrected chi connectivity index (χ2v) is 9.29. The number of pyridine rings is 2. The van der Waals surface area contributed by atoms with Gasteiger partial charge in [0.15, 0.2) is 23.0 Å². The maximum atomic E-state index is 6.11. The normalized spacial score (nSPS) is 17.1. The van der Waals surface area contributed by atoms with Gasteiger partial charge in [-0.2, -0.15) is 5.10 Å². The van der Waals surface area contributed by atoms with Crippen molar-refractivity contribution in [2.45, 2.75) is 19.4 Å². The number of aryl methyl sites for hydroxylation is 1. The number of aromatic nitrogens is 6. The fraction of sp³-hybridized carbons (Fsp3) is 0.269. The molecule has 1 fully saturated rings. The van der Waals surface area contributed by atoms with Gasteiger partial charge in [-0.15, -0.1) is 0 Å². The third-order valence-electron chi connectivity index (χ3n) is 6.69. The number of benzene rings is 1. The molecule has 0 aliphatic carbocycles. The van der Waals surface area contributed by atoms with Gasteiger partial charge in [-0.25, -0.2) is 24.5 Å². The van der Waals surface area contributed by atoms with Crippen molar-refractivity contribution >= 4 is 34.0 Å². The molecule has 2 aliphatic heterocycles. The van der Waals surface area contributed by atoms with Crippen molar-refractivity contribution in [1.82, 2.24) is 34.9 Å². The number of anilines is 3. The summed E-state index contributed by atoms with van der Waals surface area (Å²) in [5.41, 5.74) is 4.03. The first-order chi connectivity index (χ1) is 18.2. The highest BCUT2D eigenvalue weighted by Crippen LogP contribution is 2.35. The van der Waals surface area contributed by atoms with Gasteiger partial charge in [0.2, 0.25) is 0 Å². The van der Waals surface area contributed by atoms with Crippen LogP contribution >= 0.6 is 0 Å².